The van der Waals surface area contributed by atoms with Gasteiger partial charge in [-0.3, -0.25) is 9.48 Å². The molecule has 7 nitrogen and oxygen atoms in total. The molecule has 1 amide bonds. The number of sulfonamides is 1. The molecule has 0 fully saturated rings. The summed E-state index contributed by atoms with van der Waals surface area (Å²) in [6, 6.07) is 17.2. The predicted octanol–water partition coefficient (Wildman–Crippen LogP) is 5.60. The lowest BCUT2D eigenvalue weighted by atomic mass is 9.84. The largest absolute Gasteiger partial charge is 0.305 e. The Morgan fingerprint density at radius 2 is 1.54 bits per heavy atom. The lowest BCUT2D eigenvalue weighted by Gasteiger charge is -2.22. The van der Waals surface area contributed by atoms with Crippen LogP contribution >= 0.6 is 0 Å². The Bertz CT molecular complexity index is 1570. The number of fused-ring (bicyclic) bond motifs is 1. The van der Waals surface area contributed by atoms with Gasteiger partial charge in [-0.25, -0.2) is 13.1 Å². The van der Waals surface area contributed by atoms with Gasteiger partial charge in [-0.05, 0) is 77.5 Å². The molecule has 3 aromatic carbocycles. The van der Waals surface area contributed by atoms with Crippen LogP contribution in [0.15, 0.2) is 65.7 Å². The molecule has 0 aliphatic heterocycles. The van der Waals surface area contributed by atoms with Gasteiger partial charge in [0.05, 0.1) is 23.0 Å². The van der Waals surface area contributed by atoms with Crippen LogP contribution < -0.4 is 4.72 Å². The van der Waals surface area contributed by atoms with Crippen molar-refractivity contribution >= 4 is 26.8 Å². The Morgan fingerprint density at radius 3 is 2.10 bits per heavy atom. The van der Waals surface area contributed by atoms with Crippen molar-refractivity contribution in [2.75, 3.05) is 14.1 Å². The first-order valence-electron chi connectivity index (χ1n) is 13.2. The van der Waals surface area contributed by atoms with E-state index < -0.39 is 15.9 Å². The van der Waals surface area contributed by atoms with Crippen LogP contribution in [0, 0.1) is 0 Å². The fourth-order valence-corrected chi connectivity index (χ4v) is 5.97. The molecule has 206 valence electrons. The van der Waals surface area contributed by atoms with Crippen molar-refractivity contribution in [2.45, 2.75) is 57.4 Å². The normalized spacial score (nSPS) is 12.2. The van der Waals surface area contributed by atoms with Crippen molar-refractivity contribution in [3.63, 3.8) is 0 Å². The third-order valence-corrected chi connectivity index (χ3v) is 8.35. The number of hydrogen-bond donors (Lipinski definition) is 1. The van der Waals surface area contributed by atoms with Gasteiger partial charge in [0, 0.05) is 19.0 Å². The summed E-state index contributed by atoms with van der Waals surface area (Å²) in [4.78, 5) is 15.2. The van der Waals surface area contributed by atoms with Gasteiger partial charge in [0.2, 0.25) is 5.91 Å². The lowest BCUT2D eigenvalue weighted by Crippen LogP contribution is -2.32. The second-order valence-corrected chi connectivity index (χ2v) is 12.8. The predicted molar refractivity (Wildman–Crippen MR) is 157 cm³/mol. The third-order valence-electron chi connectivity index (χ3n) is 6.96. The molecule has 0 saturated heterocycles. The third kappa shape index (κ3) is 6.40. The van der Waals surface area contributed by atoms with Crippen molar-refractivity contribution < 1.29 is 13.2 Å². The van der Waals surface area contributed by atoms with Crippen LogP contribution in [-0.4, -0.2) is 43.1 Å². The maximum absolute atomic E-state index is 13.2. The molecule has 4 aromatic rings. The van der Waals surface area contributed by atoms with E-state index in [2.05, 4.69) is 67.8 Å². The summed E-state index contributed by atoms with van der Waals surface area (Å²) in [6.07, 6.45) is 1.84. The van der Waals surface area contributed by atoms with Crippen molar-refractivity contribution in [1.82, 2.24) is 19.4 Å². The zero-order chi connectivity index (χ0) is 28.5. The molecule has 0 unspecified atom stereocenters. The molecular formula is C31H38N4O3S. The average Bonchev–Trinajstić information content (AvgIpc) is 3.23. The molecule has 0 saturated carbocycles. The topological polar surface area (TPSA) is 84.3 Å². The standard InChI is InChI=1S/C31H38N4O3S/c1-20(2)27-14-25(23-10-11-24-18-32-35(7)30(24)16-23)15-28(21(3)4)29(27)17-31(36)33-39(37,38)26-12-8-22(9-13-26)19-34(5)6/h8-16,18,20-21H,17,19H2,1-7H3,(H,33,36). The maximum atomic E-state index is 13.2. The van der Waals surface area contributed by atoms with Crippen LogP contribution in [0.2, 0.25) is 0 Å². The van der Waals surface area contributed by atoms with Crippen LogP contribution in [0.3, 0.4) is 0 Å². The van der Waals surface area contributed by atoms with Gasteiger partial charge in [-0.15, -0.1) is 0 Å². The zero-order valence-electron chi connectivity index (χ0n) is 23.8. The van der Waals surface area contributed by atoms with E-state index in [9.17, 15) is 13.2 Å². The van der Waals surface area contributed by atoms with Gasteiger partial charge < -0.3 is 4.90 Å². The van der Waals surface area contributed by atoms with Crippen molar-refractivity contribution in [2.24, 2.45) is 7.05 Å². The van der Waals surface area contributed by atoms with Crippen molar-refractivity contribution in [3.05, 3.63) is 83.0 Å². The summed E-state index contributed by atoms with van der Waals surface area (Å²) in [6.45, 7) is 9.10. The fraction of sp³-hybridized carbons (Fsp3) is 0.355. The highest BCUT2D eigenvalue weighted by atomic mass is 32.2. The number of aryl methyl sites for hydroxylation is 1. The van der Waals surface area contributed by atoms with E-state index in [4.69, 9.17) is 0 Å². The first-order chi connectivity index (χ1) is 18.4. The Kier molecular flexibility index (Phi) is 8.28. The molecule has 39 heavy (non-hydrogen) atoms. The summed E-state index contributed by atoms with van der Waals surface area (Å²) in [5.74, 6) is -0.252. The number of amides is 1. The lowest BCUT2D eigenvalue weighted by molar-refractivity contribution is -0.118. The monoisotopic (exact) mass is 546 g/mol. The Hall–Kier alpha value is -3.49. The number of hydrogen-bond acceptors (Lipinski definition) is 5. The van der Waals surface area contributed by atoms with Crippen LogP contribution in [0.4, 0.5) is 0 Å². The number of nitrogens with one attached hydrogen (secondary N) is 1. The van der Waals surface area contributed by atoms with Crippen LogP contribution in [0.1, 0.15) is 61.8 Å². The van der Waals surface area contributed by atoms with E-state index in [-0.39, 0.29) is 23.2 Å². The smallest absolute Gasteiger partial charge is 0.264 e. The maximum Gasteiger partial charge on any atom is 0.264 e. The van der Waals surface area contributed by atoms with E-state index in [0.717, 1.165) is 44.3 Å². The van der Waals surface area contributed by atoms with Crippen LogP contribution in [-0.2, 0) is 34.8 Å². The molecular weight excluding hydrogens is 508 g/mol. The average molecular weight is 547 g/mol. The van der Waals surface area contributed by atoms with E-state index in [0.29, 0.717) is 6.54 Å². The van der Waals surface area contributed by atoms with Gasteiger partial charge in [0.15, 0.2) is 0 Å². The number of carbonyl (C=O) groups excluding carboxylic acids is 1. The van der Waals surface area contributed by atoms with Gasteiger partial charge in [0.1, 0.15) is 0 Å². The van der Waals surface area contributed by atoms with Gasteiger partial charge in [-0.1, -0.05) is 64.1 Å². The molecule has 0 radical (unpaired) electrons. The Labute approximate surface area is 231 Å². The summed E-state index contributed by atoms with van der Waals surface area (Å²) < 4.78 is 30.2. The van der Waals surface area contributed by atoms with Crippen LogP contribution in [0.25, 0.3) is 22.0 Å². The van der Waals surface area contributed by atoms with Gasteiger partial charge >= 0.3 is 0 Å². The first-order valence-corrected chi connectivity index (χ1v) is 14.7. The number of rotatable bonds is 9. The number of aromatic nitrogens is 2. The van der Waals surface area contributed by atoms with E-state index in [1.54, 1.807) is 24.3 Å². The second kappa shape index (κ2) is 11.3. The highest BCUT2D eigenvalue weighted by molar-refractivity contribution is 7.90. The van der Waals surface area contributed by atoms with Gasteiger partial charge in [-0.2, -0.15) is 5.10 Å². The summed E-state index contributed by atoms with van der Waals surface area (Å²) in [5.41, 5.74) is 7.17. The number of carbonyl (C=O) groups is 1. The minimum atomic E-state index is -3.98. The molecule has 1 N–H and O–H groups in total. The van der Waals surface area contributed by atoms with Gasteiger partial charge in [0.25, 0.3) is 10.0 Å². The second-order valence-electron chi connectivity index (χ2n) is 11.1. The van der Waals surface area contributed by atoms with Crippen molar-refractivity contribution in [1.29, 1.82) is 0 Å². The fourth-order valence-electron chi connectivity index (χ4n) is 4.99. The molecule has 1 aromatic heterocycles. The van der Waals surface area contributed by atoms with Crippen molar-refractivity contribution in [3.8, 4) is 11.1 Å². The zero-order valence-corrected chi connectivity index (χ0v) is 24.6. The molecule has 1 heterocycles. The first kappa shape index (κ1) is 28.5. The minimum Gasteiger partial charge on any atom is -0.305 e. The molecule has 0 spiro atoms. The van der Waals surface area contributed by atoms with Crippen LogP contribution in [0.5, 0.6) is 0 Å². The van der Waals surface area contributed by atoms with E-state index in [1.807, 2.05) is 36.9 Å². The van der Waals surface area contributed by atoms with E-state index in [1.165, 1.54) is 0 Å². The molecule has 8 heteroatoms. The number of nitrogens with zero attached hydrogens (tertiary/aromatic N) is 3. The molecule has 0 bridgehead atoms. The number of benzene rings is 3. The minimum absolute atomic E-state index is 0.0139. The summed E-state index contributed by atoms with van der Waals surface area (Å²) >= 11 is 0. The quantitative estimate of drug-likeness (QED) is 0.296. The summed E-state index contributed by atoms with van der Waals surface area (Å²) in [5, 5.41) is 5.44. The molecule has 0 atom stereocenters. The highest BCUT2D eigenvalue weighted by Gasteiger charge is 2.23. The molecule has 0 aliphatic rings. The Balaban J connectivity index is 1.65. The van der Waals surface area contributed by atoms with E-state index >= 15 is 0 Å². The SMILES string of the molecule is CC(C)c1cc(-c2ccc3cnn(C)c3c2)cc(C(C)C)c1CC(=O)NS(=O)(=O)c1ccc(CN(C)C)cc1. The molecule has 0 aliphatic carbocycles. The summed E-state index contributed by atoms with van der Waals surface area (Å²) in [7, 11) is 1.85. The Morgan fingerprint density at radius 1 is 0.923 bits per heavy atom. The highest BCUT2D eigenvalue weighted by Crippen LogP contribution is 2.35. The molecule has 4 rings (SSSR count).